The van der Waals surface area contributed by atoms with Gasteiger partial charge in [0.1, 0.15) is 0 Å². The molecule has 0 aromatic heterocycles. The average molecular weight is 270 g/mol. The minimum atomic E-state index is -1.68. The van der Waals surface area contributed by atoms with Crippen molar-refractivity contribution < 1.29 is 9.16 Å². The third-order valence-corrected chi connectivity index (χ3v) is 8.95. The Morgan fingerprint density at radius 1 is 1.33 bits per heavy atom. The molecule has 1 atom stereocenters. The Balaban J connectivity index is 2.70. The molecule has 1 fully saturated rings. The first kappa shape index (κ1) is 15.9. The molecule has 1 heterocycles. The van der Waals surface area contributed by atoms with E-state index in [1.54, 1.807) is 0 Å². The summed E-state index contributed by atoms with van der Waals surface area (Å²) < 4.78 is 12.0. The highest BCUT2D eigenvalue weighted by atomic mass is 28.4. The topological polar surface area (TPSA) is 18.5 Å². The van der Waals surface area contributed by atoms with Crippen LogP contribution >= 0.6 is 0 Å². The van der Waals surface area contributed by atoms with Crippen LogP contribution in [0.25, 0.3) is 0 Å². The van der Waals surface area contributed by atoms with E-state index in [9.17, 15) is 0 Å². The molecule has 1 saturated heterocycles. The summed E-state index contributed by atoms with van der Waals surface area (Å²) in [6, 6.07) is 0. The van der Waals surface area contributed by atoms with Crippen molar-refractivity contribution in [2.45, 2.75) is 64.3 Å². The summed E-state index contributed by atoms with van der Waals surface area (Å²) in [6.07, 6.45) is 5.58. The lowest BCUT2D eigenvalue weighted by molar-refractivity contribution is 0.0141. The summed E-state index contributed by atoms with van der Waals surface area (Å²) in [4.78, 5) is 0. The van der Waals surface area contributed by atoms with E-state index in [-0.39, 0.29) is 5.04 Å². The van der Waals surface area contributed by atoms with Gasteiger partial charge >= 0.3 is 0 Å². The van der Waals surface area contributed by atoms with Crippen molar-refractivity contribution in [3.8, 4) is 0 Å². The maximum Gasteiger partial charge on any atom is 0.192 e. The van der Waals surface area contributed by atoms with Gasteiger partial charge in [0.25, 0.3) is 0 Å². The summed E-state index contributed by atoms with van der Waals surface area (Å²) in [5, 5.41) is 0.275. The normalized spacial score (nSPS) is 20.7. The van der Waals surface area contributed by atoms with Gasteiger partial charge in [0.2, 0.25) is 0 Å². The quantitative estimate of drug-likeness (QED) is 0.545. The molecule has 0 aromatic carbocycles. The maximum absolute atomic E-state index is 6.59. The summed E-state index contributed by atoms with van der Waals surface area (Å²) in [7, 11) is -1.68. The molecule has 0 aromatic rings. The van der Waals surface area contributed by atoms with E-state index in [1.165, 1.54) is 0 Å². The predicted molar refractivity (Wildman–Crippen MR) is 80.4 cm³/mol. The summed E-state index contributed by atoms with van der Waals surface area (Å²) in [5.74, 6) is 0.644. The van der Waals surface area contributed by atoms with Crippen molar-refractivity contribution in [2.24, 2.45) is 5.92 Å². The Hall–Kier alpha value is -0.123. The molecule has 1 unspecified atom stereocenters. The number of hydrogen-bond donors (Lipinski definition) is 0. The standard InChI is InChI=1S/C15H30O2Si/c1-7-8-14(13-9-11-16-12-10-13)17-18(5,6)15(2,3)4/h7,13-14H,1,8-12H2,2-6H3. The van der Waals surface area contributed by atoms with E-state index in [4.69, 9.17) is 9.16 Å². The predicted octanol–water partition coefficient (Wildman–Crippen LogP) is 4.38. The van der Waals surface area contributed by atoms with Crippen molar-refractivity contribution >= 4 is 8.32 Å². The van der Waals surface area contributed by atoms with Crippen molar-refractivity contribution in [1.29, 1.82) is 0 Å². The molecule has 18 heavy (non-hydrogen) atoms. The van der Waals surface area contributed by atoms with Gasteiger partial charge in [-0.05, 0) is 43.3 Å². The van der Waals surface area contributed by atoms with Crippen LogP contribution in [0.2, 0.25) is 18.1 Å². The highest BCUT2D eigenvalue weighted by molar-refractivity contribution is 6.74. The zero-order chi connectivity index (χ0) is 13.8. The van der Waals surface area contributed by atoms with Gasteiger partial charge in [-0.2, -0.15) is 0 Å². The molecule has 0 N–H and O–H groups in total. The fourth-order valence-corrected chi connectivity index (χ4v) is 3.54. The number of rotatable bonds is 5. The van der Waals surface area contributed by atoms with E-state index in [1.807, 2.05) is 6.08 Å². The van der Waals surface area contributed by atoms with Gasteiger partial charge in [0.05, 0.1) is 6.10 Å². The van der Waals surface area contributed by atoms with Gasteiger partial charge in [-0.15, -0.1) is 6.58 Å². The zero-order valence-electron chi connectivity index (χ0n) is 12.8. The third kappa shape index (κ3) is 4.21. The molecule has 0 bridgehead atoms. The molecule has 0 amide bonds. The first-order valence-corrected chi connectivity index (χ1v) is 10.0. The Morgan fingerprint density at radius 3 is 2.33 bits per heavy atom. The Morgan fingerprint density at radius 2 is 1.89 bits per heavy atom. The zero-order valence-corrected chi connectivity index (χ0v) is 13.8. The van der Waals surface area contributed by atoms with Crippen molar-refractivity contribution in [2.75, 3.05) is 13.2 Å². The average Bonchev–Trinajstić information content (AvgIpc) is 2.28. The second-order valence-electron chi connectivity index (χ2n) is 6.89. The number of ether oxygens (including phenoxy) is 1. The smallest absolute Gasteiger partial charge is 0.192 e. The van der Waals surface area contributed by atoms with Gasteiger partial charge in [0.15, 0.2) is 8.32 Å². The first-order chi connectivity index (χ1) is 8.28. The fraction of sp³-hybridized carbons (Fsp3) is 0.867. The minimum Gasteiger partial charge on any atom is -0.413 e. The van der Waals surface area contributed by atoms with Crippen LogP contribution in [0.3, 0.4) is 0 Å². The van der Waals surface area contributed by atoms with E-state index in [0.717, 1.165) is 32.5 Å². The van der Waals surface area contributed by atoms with Crippen molar-refractivity contribution in [1.82, 2.24) is 0 Å². The first-order valence-electron chi connectivity index (χ1n) is 7.14. The lowest BCUT2D eigenvalue weighted by atomic mass is 9.92. The highest BCUT2D eigenvalue weighted by Gasteiger charge is 2.40. The lowest BCUT2D eigenvalue weighted by Gasteiger charge is -2.42. The summed E-state index contributed by atoms with van der Waals surface area (Å²) in [5.41, 5.74) is 0. The SMILES string of the molecule is C=CCC(O[Si](C)(C)C(C)(C)C)C1CCOCC1. The van der Waals surface area contributed by atoms with E-state index in [0.29, 0.717) is 12.0 Å². The Kier molecular flexibility index (Phi) is 5.62. The van der Waals surface area contributed by atoms with Gasteiger partial charge in [0, 0.05) is 13.2 Å². The van der Waals surface area contributed by atoms with E-state index >= 15 is 0 Å². The van der Waals surface area contributed by atoms with E-state index < -0.39 is 8.32 Å². The Bertz CT molecular complexity index is 262. The fourth-order valence-electron chi connectivity index (χ4n) is 2.14. The highest BCUT2D eigenvalue weighted by Crippen LogP contribution is 2.39. The van der Waals surface area contributed by atoms with Crippen LogP contribution in [0, 0.1) is 5.92 Å². The lowest BCUT2D eigenvalue weighted by Crippen LogP contribution is -2.46. The Labute approximate surface area is 114 Å². The van der Waals surface area contributed by atoms with E-state index in [2.05, 4.69) is 40.4 Å². The number of hydrogen-bond acceptors (Lipinski definition) is 2. The summed E-state index contributed by atoms with van der Waals surface area (Å²) >= 11 is 0. The van der Waals surface area contributed by atoms with Crippen LogP contribution in [-0.2, 0) is 9.16 Å². The molecule has 3 heteroatoms. The molecule has 0 aliphatic carbocycles. The molecule has 1 aliphatic rings. The monoisotopic (exact) mass is 270 g/mol. The largest absolute Gasteiger partial charge is 0.413 e. The van der Waals surface area contributed by atoms with Crippen LogP contribution in [0.1, 0.15) is 40.0 Å². The summed E-state index contributed by atoms with van der Waals surface area (Å²) in [6.45, 7) is 17.2. The second-order valence-corrected chi connectivity index (χ2v) is 11.6. The van der Waals surface area contributed by atoms with Crippen molar-refractivity contribution in [3.63, 3.8) is 0 Å². The van der Waals surface area contributed by atoms with Crippen LogP contribution in [0.4, 0.5) is 0 Å². The van der Waals surface area contributed by atoms with Crippen molar-refractivity contribution in [3.05, 3.63) is 12.7 Å². The minimum absolute atomic E-state index is 0.275. The van der Waals surface area contributed by atoms with Crippen LogP contribution < -0.4 is 0 Å². The molecule has 106 valence electrons. The molecule has 2 nitrogen and oxygen atoms in total. The molecule has 0 radical (unpaired) electrons. The molecule has 0 saturated carbocycles. The maximum atomic E-state index is 6.59. The molecular formula is C15H30O2Si. The van der Waals surface area contributed by atoms with Gasteiger partial charge < -0.3 is 9.16 Å². The molecular weight excluding hydrogens is 240 g/mol. The van der Waals surface area contributed by atoms with Crippen LogP contribution in [0.15, 0.2) is 12.7 Å². The second kappa shape index (κ2) is 6.35. The van der Waals surface area contributed by atoms with Crippen LogP contribution in [0.5, 0.6) is 0 Å². The molecule has 0 spiro atoms. The van der Waals surface area contributed by atoms with Crippen LogP contribution in [-0.4, -0.2) is 27.6 Å². The van der Waals surface area contributed by atoms with Gasteiger partial charge in [-0.3, -0.25) is 0 Å². The third-order valence-electron chi connectivity index (χ3n) is 4.44. The van der Waals surface area contributed by atoms with Gasteiger partial charge in [-0.1, -0.05) is 26.8 Å². The van der Waals surface area contributed by atoms with Gasteiger partial charge in [-0.25, -0.2) is 0 Å². The molecule has 1 aliphatic heterocycles. The molecule has 1 rings (SSSR count).